The normalized spacial score (nSPS) is 14.7. The zero-order chi connectivity index (χ0) is 16.7. The molecule has 0 unspecified atom stereocenters. The van der Waals surface area contributed by atoms with Gasteiger partial charge in [-0.1, -0.05) is 0 Å². The number of amides is 1. The van der Waals surface area contributed by atoms with Crippen LogP contribution in [0.5, 0.6) is 0 Å². The van der Waals surface area contributed by atoms with Gasteiger partial charge in [0.05, 0.1) is 0 Å². The fraction of sp³-hybridized carbons (Fsp3) is 0.611. The number of nitrogens with zero attached hydrogens (tertiary/aromatic N) is 1. The minimum Gasteiger partial charge on any atom is -0.444 e. The Kier molecular flexibility index (Phi) is 6.13. The van der Waals surface area contributed by atoms with Crippen LogP contribution in [-0.4, -0.2) is 37.9 Å². The van der Waals surface area contributed by atoms with E-state index in [1.807, 2.05) is 20.8 Å². The van der Waals surface area contributed by atoms with Gasteiger partial charge in [-0.2, -0.15) is 0 Å². The average molecular weight is 319 g/mol. The standard InChI is InChI=1S/C18H29N3O2/c1-18(2,3)23-17(22)20-12-6-11-19-15-7-9-16(10-8-15)21-13-4-5-14-21/h7-10,19H,4-6,11-14H2,1-3H3,(H,20,22). The van der Waals surface area contributed by atoms with Crippen LogP contribution in [-0.2, 0) is 4.74 Å². The molecule has 128 valence electrons. The van der Waals surface area contributed by atoms with Crippen molar-refractivity contribution in [3.05, 3.63) is 24.3 Å². The van der Waals surface area contributed by atoms with Crippen LogP contribution in [0.2, 0.25) is 0 Å². The Balaban J connectivity index is 1.62. The molecule has 1 aromatic carbocycles. The number of anilines is 2. The second-order valence-electron chi connectivity index (χ2n) is 6.95. The van der Waals surface area contributed by atoms with E-state index < -0.39 is 5.60 Å². The SMILES string of the molecule is CC(C)(C)OC(=O)NCCCNc1ccc(N2CCCC2)cc1. The van der Waals surface area contributed by atoms with Crippen LogP contribution < -0.4 is 15.5 Å². The van der Waals surface area contributed by atoms with Gasteiger partial charge in [0, 0.05) is 37.6 Å². The third-order valence-corrected chi connectivity index (χ3v) is 3.69. The topological polar surface area (TPSA) is 53.6 Å². The molecule has 1 fully saturated rings. The van der Waals surface area contributed by atoms with Crippen molar-refractivity contribution >= 4 is 17.5 Å². The first-order chi connectivity index (χ1) is 10.9. The molecular formula is C18H29N3O2. The summed E-state index contributed by atoms with van der Waals surface area (Å²) in [5, 5.41) is 6.14. The summed E-state index contributed by atoms with van der Waals surface area (Å²) in [6.45, 7) is 9.35. The van der Waals surface area contributed by atoms with Gasteiger partial charge in [0.2, 0.25) is 0 Å². The molecule has 0 spiro atoms. The number of carbonyl (C=O) groups is 1. The molecule has 1 aliphatic rings. The van der Waals surface area contributed by atoms with E-state index in [0.29, 0.717) is 6.54 Å². The van der Waals surface area contributed by atoms with Crippen molar-refractivity contribution < 1.29 is 9.53 Å². The summed E-state index contributed by atoms with van der Waals surface area (Å²) < 4.78 is 5.19. The lowest BCUT2D eigenvalue weighted by molar-refractivity contribution is 0.0528. The molecule has 0 radical (unpaired) electrons. The zero-order valence-corrected chi connectivity index (χ0v) is 14.5. The number of alkyl carbamates (subject to hydrolysis) is 1. The van der Waals surface area contributed by atoms with Gasteiger partial charge in [-0.15, -0.1) is 0 Å². The molecule has 5 nitrogen and oxygen atoms in total. The Hall–Kier alpha value is -1.91. The van der Waals surface area contributed by atoms with Gasteiger partial charge >= 0.3 is 6.09 Å². The van der Waals surface area contributed by atoms with Crippen molar-refractivity contribution in [1.29, 1.82) is 0 Å². The van der Waals surface area contributed by atoms with Crippen LogP contribution in [0.3, 0.4) is 0 Å². The highest BCUT2D eigenvalue weighted by Crippen LogP contribution is 2.21. The Morgan fingerprint density at radius 1 is 1.13 bits per heavy atom. The Labute approximate surface area is 139 Å². The molecule has 1 aromatic rings. The summed E-state index contributed by atoms with van der Waals surface area (Å²) in [5.74, 6) is 0. The van der Waals surface area contributed by atoms with Crippen LogP contribution in [0.4, 0.5) is 16.2 Å². The molecule has 1 amide bonds. The second-order valence-corrected chi connectivity index (χ2v) is 6.95. The Morgan fingerprint density at radius 2 is 1.78 bits per heavy atom. The largest absolute Gasteiger partial charge is 0.444 e. The van der Waals surface area contributed by atoms with Crippen molar-refractivity contribution in [3.63, 3.8) is 0 Å². The number of nitrogens with one attached hydrogen (secondary N) is 2. The molecule has 0 bridgehead atoms. The maximum atomic E-state index is 11.5. The lowest BCUT2D eigenvalue weighted by Gasteiger charge is -2.19. The molecule has 0 saturated carbocycles. The van der Waals surface area contributed by atoms with Crippen LogP contribution in [0.15, 0.2) is 24.3 Å². The summed E-state index contributed by atoms with van der Waals surface area (Å²) in [6.07, 6.45) is 3.09. The molecule has 1 heterocycles. The lowest BCUT2D eigenvalue weighted by atomic mass is 10.2. The van der Waals surface area contributed by atoms with E-state index in [9.17, 15) is 4.79 Å². The summed E-state index contributed by atoms with van der Waals surface area (Å²) in [4.78, 5) is 13.9. The molecule has 1 aliphatic heterocycles. The third kappa shape index (κ3) is 6.38. The first-order valence-corrected chi connectivity index (χ1v) is 8.50. The van der Waals surface area contributed by atoms with Gasteiger partial charge in [-0.3, -0.25) is 0 Å². The Morgan fingerprint density at radius 3 is 2.39 bits per heavy atom. The van der Waals surface area contributed by atoms with Gasteiger partial charge < -0.3 is 20.3 Å². The molecule has 5 heteroatoms. The predicted octanol–water partition coefficient (Wildman–Crippen LogP) is 3.61. The highest BCUT2D eigenvalue weighted by atomic mass is 16.6. The molecule has 1 saturated heterocycles. The van der Waals surface area contributed by atoms with Gasteiger partial charge in [0.25, 0.3) is 0 Å². The molecular weight excluding hydrogens is 290 g/mol. The zero-order valence-electron chi connectivity index (χ0n) is 14.5. The first kappa shape index (κ1) is 17.4. The minimum absolute atomic E-state index is 0.354. The van der Waals surface area contributed by atoms with Crippen LogP contribution in [0, 0.1) is 0 Å². The number of benzene rings is 1. The number of rotatable bonds is 6. The summed E-state index contributed by atoms with van der Waals surface area (Å²) in [6, 6.07) is 8.59. The van der Waals surface area contributed by atoms with E-state index in [-0.39, 0.29) is 6.09 Å². The van der Waals surface area contributed by atoms with Gasteiger partial charge in [0.15, 0.2) is 0 Å². The van der Waals surface area contributed by atoms with Crippen molar-refractivity contribution in [1.82, 2.24) is 5.32 Å². The van der Waals surface area contributed by atoms with Gasteiger partial charge in [0.1, 0.15) is 5.60 Å². The van der Waals surface area contributed by atoms with E-state index in [4.69, 9.17) is 4.74 Å². The molecule has 0 aromatic heterocycles. The highest BCUT2D eigenvalue weighted by molar-refractivity contribution is 5.67. The monoisotopic (exact) mass is 319 g/mol. The molecule has 2 N–H and O–H groups in total. The number of ether oxygens (including phenoxy) is 1. The second kappa shape index (κ2) is 8.09. The smallest absolute Gasteiger partial charge is 0.407 e. The van der Waals surface area contributed by atoms with Crippen molar-refractivity contribution in [2.75, 3.05) is 36.4 Å². The van der Waals surface area contributed by atoms with E-state index in [1.165, 1.54) is 31.6 Å². The summed E-state index contributed by atoms with van der Waals surface area (Å²) in [7, 11) is 0. The fourth-order valence-electron chi connectivity index (χ4n) is 2.59. The average Bonchev–Trinajstić information content (AvgIpc) is 3.00. The first-order valence-electron chi connectivity index (χ1n) is 8.50. The van der Waals surface area contributed by atoms with Gasteiger partial charge in [-0.25, -0.2) is 4.79 Å². The third-order valence-electron chi connectivity index (χ3n) is 3.69. The van der Waals surface area contributed by atoms with E-state index in [0.717, 1.165) is 18.7 Å². The Bertz CT molecular complexity index is 488. The summed E-state index contributed by atoms with van der Waals surface area (Å²) in [5.41, 5.74) is 1.98. The molecule has 0 atom stereocenters. The van der Waals surface area contributed by atoms with Crippen molar-refractivity contribution in [2.24, 2.45) is 0 Å². The fourth-order valence-corrected chi connectivity index (χ4v) is 2.59. The predicted molar refractivity (Wildman–Crippen MR) is 95.2 cm³/mol. The highest BCUT2D eigenvalue weighted by Gasteiger charge is 2.15. The maximum absolute atomic E-state index is 11.5. The maximum Gasteiger partial charge on any atom is 0.407 e. The van der Waals surface area contributed by atoms with Crippen LogP contribution >= 0.6 is 0 Å². The number of hydrogen-bond acceptors (Lipinski definition) is 4. The van der Waals surface area contributed by atoms with Crippen molar-refractivity contribution in [3.8, 4) is 0 Å². The van der Waals surface area contributed by atoms with Crippen molar-refractivity contribution in [2.45, 2.75) is 45.6 Å². The number of hydrogen-bond donors (Lipinski definition) is 2. The molecule has 0 aliphatic carbocycles. The van der Waals surface area contributed by atoms with Gasteiger partial charge in [-0.05, 0) is 64.3 Å². The van der Waals surface area contributed by atoms with E-state index >= 15 is 0 Å². The lowest BCUT2D eigenvalue weighted by Crippen LogP contribution is -2.33. The van der Waals surface area contributed by atoms with Crippen LogP contribution in [0.25, 0.3) is 0 Å². The minimum atomic E-state index is -0.445. The molecule has 2 rings (SSSR count). The quantitative estimate of drug-likeness (QED) is 0.787. The van der Waals surface area contributed by atoms with Crippen LogP contribution in [0.1, 0.15) is 40.0 Å². The molecule has 23 heavy (non-hydrogen) atoms. The number of carbonyl (C=O) groups excluding carboxylic acids is 1. The van der Waals surface area contributed by atoms with E-state index in [1.54, 1.807) is 0 Å². The van der Waals surface area contributed by atoms with E-state index in [2.05, 4.69) is 39.8 Å². The summed E-state index contributed by atoms with van der Waals surface area (Å²) >= 11 is 0.